The highest BCUT2D eigenvalue weighted by Gasteiger charge is 2.26. The Morgan fingerprint density at radius 3 is 2.77 bits per heavy atom. The van der Waals surface area contributed by atoms with Crippen LogP contribution in [0.4, 0.5) is 0 Å². The molecular formula is C16H21Cl2N3O. The maximum atomic E-state index is 6.02. The zero-order valence-electron chi connectivity index (χ0n) is 12.5. The summed E-state index contributed by atoms with van der Waals surface area (Å²) < 4.78 is 7.97. The molecule has 1 N–H and O–H groups in total. The van der Waals surface area contributed by atoms with Gasteiger partial charge >= 0.3 is 0 Å². The molecule has 0 amide bonds. The van der Waals surface area contributed by atoms with Crippen LogP contribution in [0.5, 0.6) is 0 Å². The molecule has 1 aromatic heterocycles. The van der Waals surface area contributed by atoms with Crippen molar-refractivity contribution in [2.24, 2.45) is 0 Å². The molecule has 0 bridgehead atoms. The molecule has 3 rings (SSSR count). The quantitative estimate of drug-likeness (QED) is 0.928. The van der Waals surface area contributed by atoms with Crippen molar-refractivity contribution in [3.8, 4) is 0 Å². The lowest BCUT2D eigenvalue weighted by Gasteiger charge is -2.33. The second kappa shape index (κ2) is 7.97. The van der Waals surface area contributed by atoms with Crippen LogP contribution in [0.1, 0.15) is 18.5 Å². The fourth-order valence-corrected chi connectivity index (χ4v) is 2.80. The lowest BCUT2D eigenvalue weighted by atomic mass is 10.0. The summed E-state index contributed by atoms with van der Waals surface area (Å²) >= 11 is 5.91. The van der Waals surface area contributed by atoms with Gasteiger partial charge in [-0.1, -0.05) is 23.7 Å². The molecule has 4 nitrogen and oxygen atoms in total. The van der Waals surface area contributed by atoms with E-state index in [1.165, 1.54) is 5.56 Å². The molecule has 1 aliphatic rings. The van der Waals surface area contributed by atoms with E-state index < -0.39 is 0 Å². The van der Waals surface area contributed by atoms with E-state index in [1.54, 1.807) is 6.20 Å². The van der Waals surface area contributed by atoms with Crippen LogP contribution < -0.4 is 5.32 Å². The number of hydrogen-bond donors (Lipinski definition) is 1. The number of nitrogens with zero attached hydrogens (tertiary/aromatic N) is 2. The molecule has 1 fully saturated rings. The molecule has 0 spiro atoms. The van der Waals surface area contributed by atoms with Crippen LogP contribution in [0, 0.1) is 0 Å². The van der Waals surface area contributed by atoms with E-state index in [2.05, 4.69) is 29.5 Å². The fraction of sp³-hybridized carbons (Fsp3) is 0.438. The summed E-state index contributed by atoms with van der Waals surface area (Å²) in [5.74, 6) is 0. The van der Waals surface area contributed by atoms with Crippen molar-refractivity contribution in [2.45, 2.75) is 31.5 Å². The third-order valence-corrected chi connectivity index (χ3v) is 4.25. The third kappa shape index (κ3) is 4.23. The van der Waals surface area contributed by atoms with Crippen molar-refractivity contribution in [1.29, 1.82) is 0 Å². The van der Waals surface area contributed by atoms with Crippen molar-refractivity contribution in [1.82, 2.24) is 15.1 Å². The van der Waals surface area contributed by atoms with Gasteiger partial charge in [0.15, 0.2) is 0 Å². The minimum atomic E-state index is 0. The summed E-state index contributed by atoms with van der Waals surface area (Å²) in [5, 5.41) is 8.64. The largest absolute Gasteiger partial charge is 0.373 e. The van der Waals surface area contributed by atoms with Crippen molar-refractivity contribution >= 4 is 24.0 Å². The molecule has 1 aromatic carbocycles. The predicted molar refractivity (Wildman–Crippen MR) is 90.9 cm³/mol. The smallest absolute Gasteiger partial charge is 0.0921 e. The summed E-state index contributed by atoms with van der Waals surface area (Å²) in [6, 6.07) is 10.5. The summed E-state index contributed by atoms with van der Waals surface area (Å²) in [5.41, 5.74) is 1.28. The third-order valence-electron chi connectivity index (χ3n) is 3.99. The van der Waals surface area contributed by atoms with Crippen LogP contribution >= 0.6 is 24.0 Å². The van der Waals surface area contributed by atoms with Crippen molar-refractivity contribution in [2.75, 3.05) is 13.2 Å². The first-order valence-corrected chi connectivity index (χ1v) is 7.69. The zero-order chi connectivity index (χ0) is 14.7. The first-order valence-electron chi connectivity index (χ1n) is 7.31. The molecule has 22 heavy (non-hydrogen) atoms. The number of rotatable bonds is 4. The molecule has 0 aliphatic carbocycles. The number of hydrogen-bond acceptors (Lipinski definition) is 3. The standard InChI is InChI=1S/C16H20ClN3O.ClH/c1-12(20-8-2-7-19-20)16-10-18-15(11-21-16)9-13-3-5-14(17)6-4-13;/h2-8,12,15-16,18H,9-11H2,1H3;1H/t12-,15-,16+;/m0./s1. The second-order valence-electron chi connectivity index (χ2n) is 5.53. The Bertz CT molecular complexity index is 551. The molecule has 1 aliphatic heterocycles. The van der Waals surface area contributed by atoms with Gasteiger partial charge in [-0.25, -0.2) is 0 Å². The zero-order valence-corrected chi connectivity index (χ0v) is 14.1. The monoisotopic (exact) mass is 341 g/mol. The van der Waals surface area contributed by atoms with Crippen LogP contribution in [0.2, 0.25) is 5.02 Å². The van der Waals surface area contributed by atoms with Gasteiger partial charge in [0, 0.05) is 30.0 Å². The highest BCUT2D eigenvalue weighted by Crippen LogP contribution is 2.18. The minimum absolute atomic E-state index is 0. The average molecular weight is 342 g/mol. The molecule has 0 unspecified atom stereocenters. The second-order valence-corrected chi connectivity index (χ2v) is 5.97. The Morgan fingerprint density at radius 2 is 2.18 bits per heavy atom. The topological polar surface area (TPSA) is 39.1 Å². The maximum Gasteiger partial charge on any atom is 0.0921 e. The molecule has 3 atom stereocenters. The van der Waals surface area contributed by atoms with Gasteiger partial charge in [-0.05, 0) is 37.1 Å². The highest BCUT2D eigenvalue weighted by molar-refractivity contribution is 6.30. The van der Waals surface area contributed by atoms with Gasteiger partial charge in [0.2, 0.25) is 0 Å². The van der Waals surface area contributed by atoms with E-state index in [9.17, 15) is 0 Å². The van der Waals surface area contributed by atoms with Gasteiger partial charge in [0.1, 0.15) is 0 Å². The molecule has 120 valence electrons. The van der Waals surface area contributed by atoms with Gasteiger partial charge in [-0.2, -0.15) is 5.10 Å². The van der Waals surface area contributed by atoms with Crippen LogP contribution in [-0.2, 0) is 11.2 Å². The molecule has 6 heteroatoms. The van der Waals surface area contributed by atoms with E-state index in [0.717, 1.165) is 24.6 Å². The van der Waals surface area contributed by atoms with Gasteiger partial charge in [-0.15, -0.1) is 12.4 Å². The Morgan fingerprint density at radius 1 is 1.41 bits per heavy atom. The van der Waals surface area contributed by atoms with Gasteiger partial charge in [0.25, 0.3) is 0 Å². The summed E-state index contributed by atoms with van der Waals surface area (Å²) in [6.07, 6.45) is 4.90. The van der Waals surface area contributed by atoms with Crippen LogP contribution in [-0.4, -0.2) is 35.1 Å². The van der Waals surface area contributed by atoms with Gasteiger partial charge in [0.05, 0.1) is 18.8 Å². The van der Waals surface area contributed by atoms with E-state index >= 15 is 0 Å². The minimum Gasteiger partial charge on any atom is -0.373 e. The Hall–Kier alpha value is -1.07. The molecule has 2 aromatic rings. The number of benzene rings is 1. The normalized spacial score (nSPS) is 22.8. The first kappa shape index (κ1) is 17.3. The Labute approximate surface area is 142 Å². The number of aromatic nitrogens is 2. The lowest BCUT2D eigenvalue weighted by Crippen LogP contribution is -2.49. The molecular weight excluding hydrogens is 321 g/mol. The molecule has 2 heterocycles. The summed E-state index contributed by atoms with van der Waals surface area (Å²) in [6.45, 7) is 3.71. The molecule has 0 saturated carbocycles. The predicted octanol–water partition coefficient (Wildman–Crippen LogP) is 3.12. The van der Waals surface area contributed by atoms with Crippen molar-refractivity contribution in [3.63, 3.8) is 0 Å². The Kier molecular flexibility index (Phi) is 6.26. The average Bonchev–Trinajstić information content (AvgIpc) is 3.04. The van der Waals surface area contributed by atoms with E-state index in [0.29, 0.717) is 6.04 Å². The van der Waals surface area contributed by atoms with Gasteiger partial charge < -0.3 is 10.1 Å². The van der Waals surface area contributed by atoms with Crippen LogP contribution in [0.15, 0.2) is 42.7 Å². The van der Waals surface area contributed by atoms with Crippen molar-refractivity contribution < 1.29 is 4.74 Å². The van der Waals surface area contributed by atoms with E-state index in [1.807, 2.05) is 29.1 Å². The van der Waals surface area contributed by atoms with Crippen LogP contribution in [0.25, 0.3) is 0 Å². The van der Waals surface area contributed by atoms with Gasteiger partial charge in [-0.3, -0.25) is 4.68 Å². The lowest BCUT2D eigenvalue weighted by molar-refractivity contribution is -0.0236. The number of morpholine rings is 1. The Balaban J connectivity index is 0.00000176. The van der Waals surface area contributed by atoms with E-state index in [4.69, 9.17) is 16.3 Å². The maximum absolute atomic E-state index is 6.02. The van der Waals surface area contributed by atoms with Crippen molar-refractivity contribution in [3.05, 3.63) is 53.3 Å². The molecule has 1 saturated heterocycles. The summed E-state index contributed by atoms with van der Waals surface area (Å²) in [4.78, 5) is 0. The molecule has 0 radical (unpaired) electrons. The number of halogens is 2. The number of nitrogens with one attached hydrogen (secondary N) is 1. The first-order chi connectivity index (χ1) is 10.2. The SMILES string of the molecule is C[C@@H]([C@H]1CN[C@@H](Cc2ccc(Cl)cc2)CO1)n1cccn1.Cl. The number of ether oxygens (including phenoxy) is 1. The highest BCUT2D eigenvalue weighted by atomic mass is 35.5. The van der Waals surface area contributed by atoms with E-state index in [-0.39, 0.29) is 24.6 Å². The summed E-state index contributed by atoms with van der Waals surface area (Å²) in [7, 11) is 0. The van der Waals surface area contributed by atoms with Crippen LogP contribution in [0.3, 0.4) is 0 Å². The fourth-order valence-electron chi connectivity index (χ4n) is 2.68.